The molecular weight excluding hydrogens is 485 g/mol. The van der Waals surface area contributed by atoms with E-state index in [9.17, 15) is 23.4 Å². The summed E-state index contributed by atoms with van der Waals surface area (Å²) in [5.41, 5.74) is 8.11. The Labute approximate surface area is 211 Å². The van der Waals surface area contributed by atoms with Gasteiger partial charge in [-0.15, -0.1) is 0 Å². The molecule has 0 fully saturated rings. The van der Waals surface area contributed by atoms with Crippen LogP contribution in [0.5, 0.6) is 0 Å². The number of aliphatic hydroxyl groups excluding tert-OH is 2. The van der Waals surface area contributed by atoms with E-state index in [1.54, 1.807) is 30.3 Å². The van der Waals surface area contributed by atoms with Gasteiger partial charge in [0.15, 0.2) is 0 Å². The summed E-state index contributed by atoms with van der Waals surface area (Å²) < 4.78 is 45.7. The van der Waals surface area contributed by atoms with Crippen LogP contribution < -0.4 is 10.6 Å². The van der Waals surface area contributed by atoms with Gasteiger partial charge in [0, 0.05) is 29.9 Å². The number of nitrogens with zero attached hydrogens (tertiary/aromatic N) is 3. The Hall–Kier alpha value is -3.73. The maximum absolute atomic E-state index is 13.4. The van der Waals surface area contributed by atoms with Gasteiger partial charge >= 0.3 is 6.18 Å². The second kappa shape index (κ2) is 9.62. The van der Waals surface area contributed by atoms with Crippen LogP contribution in [0.25, 0.3) is 34.0 Å². The smallest absolute Gasteiger partial charge is 0.394 e. The van der Waals surface area contributed by atoms with Gasteiger partial charge in [0.1, 0.15) is 0 Å². The third-order valence-corrected chi connectivity index (χ3v) is 6.60. The van der Waals surface area contributed by atoms with Crippen LogP contribution in [0.15, 0.2) is 71.3 Å². The van der Waals surface area contributed by atoms with E-state index in [1.165, 1.54) is 12.1 Å². The van der Waals surface area contributed by atoms with Crippen molar-refractivity contribution in [1.29, 1.82) is 0 Å². The molecule has 0 spiro atoms. The highest BCUT2D eigenvalue weighted by Crippen LogP contribution is 2.38. The molecule has 0 atom stereocenters. The van der Waals surface area contributed by atoms with E-state index in [0.29, 0.717) is 29.9 Å². The fourth-order valence-electron chi connectivity index (χ4n) is 4.63. The molecule has 37 heavy (non-hydrogen) atoms. The zero-order chi connectivity index (χ0) is 26.2. The lowest BCUT2D eigenvalue weighted by molar-refractivity contribution is -0.137. The minimum atomic E-state index is -4.45. The van der Waals surface area contributed by atoms with Gasteiger partial charge < -0.3 is 25.4 Å². The number of benzene rings is 3. The van der Waals surface area contributed by atoms with Gasteiger partial charge in [-0.3, -0.25) is 0 Å². The molecule has 0 radical (unpaired) electrons. The number of fused-ring (bicyclic) bond motifs is 1. The Bertz CT molecular complexity index is 1400. The van der Waals surface area contributed by atoms with Gasteiger partial charge in [-0.05, 0) is 47.4 Å². The van der Waals surface area contributed by atoms with Crippen molar-refractivity contribution in [2.45, 2.75) is 18.1 Å². The maximum atomic E-state index is 13.4. The Kier molecular flexibility index (Phi) is 6.49. The number of hydrogen-bond donors (Lipinski definition) is 3. The summed E-state index contributed by atoms with van der Waals surface area (Å²) in [5.74, 6) is 0.642. The molecule has 5 rings (SSSR count). The van der Waals surface area contributed by atoms with Gasteiger partial charge in [-0.2, -0.15) is 18.2 Å². The first-order chi connectivity index (χ1) is 17.7. The average Bonchev–Trinajstić information content (AvgIpc) is 3.56. The van der Waals surface area contributed by atoms with Gasteiger partial charge in [0.05, 0.1) is 24.3 Å². The van der Waals surface area contributed by atoms with Crippen molar-refractivity contribution in [1.82, 2.24) is 10.1 Å². The summed E-state index contributed by atoms with van der Waals surface area (Å²) in [5, 5.41) is 23.3. The van der Waals surface area contributed by atoms with E-state index >= 15 is 0 Å². The van der Waals surface area contributed by atoms with Gasteiger partial charge in [0.2, 0.25) is 5.82 Å². The first-order valence-electron chi connectivity index (χ1n) is 11.7. The fourth-order valence-corrected chi connectivity index (χ4v) is 4.63. The van der Waals surface area contributed by atoms with E-state index in [4.69, 9.17) is 10.3 Å². The Morgan fingerprint density at radius 3 is 2.27 bits per heavy atom. The fraction of sp³-hybridized carbons (Fsp3) is 0.259. The molecule has 0 aliphatic carbocycles. The number of halogens is 3. The van der Waals surface area contributed by atoms with Gasteiger partial charge in [-0.25, -0.2) is 0 Å². The lowest BCUT2D eigenvalue weighted by Gasteiger charge is -2.31. The van der Waals surface area contributed by atoms with Crippen LogP contribution in [0.1, 0.15) is 11.1 Å². The van der Waals surface area contributed by atoms with Crippen LogP contribution in [0.4, 0.5) is 18.9 Å². The zero-order valence-corrected chi connectivity index (χ0v) is 19.7. The summed E-state index contributed by atoms with van der Waals surface area (Å²) in [7, 11) is 0. The first-order valence-corrected chi connectivity index (χ1v) is 11.7. The number of alkyl halides is 3. The molecule has 2 heterocycles. The third-order valence-electron chi connectivity index (χ3n) is 6.60. The van der Waals surface area contributed by atoms with Crippen LogP contribution in [0.2, 0.25) is 0 Å². The predicted molar refractivity (Wildman–Crippen MR) is 133 cm³/mol. The minimum Gasteiger partial charge on any atom is -0.394 e. The Morgan fingerprint density at radius 1 is 0.892 bits per heavy atom. The van der Waals surface area contributed by atoms with Gasteiger partial charge in [0.25, 0.3) is 5.89 Å². The van der Waals surface area contributed by atoms with Crippen LogP contribution in [0, 0.1) is 0 Å². The van der Waals surface area contributed by atoms with Gasteiger partial charge in [-0.1, -0.05) is 47.6 Å². The summed E-state index contributed by atoms with van der Waals surface area (Å²) in [6, 6.07) is 17.7. The zero-order valence-electron chi connectivity index (χ0n) is 19.7. The highest BCUT2D eigenvalue weighted by Gasteiger charge is 2.33. The van der Waals surface area contributed by atoms with E-state index in [-0.39, 0.29) is 31.2 Å². The quantitative estimate of drug-likeness (QED) is 0.343. The summed E-state index contributed by atoms with van der Waals surface area (Å²) in [4.78, 5) is 6.56. The molecule has 7 nitrogen and oxygen atoms in total. The SMILES string of the molecule is NC(CO)(CO)CN1CCc2c(-c3noc(-c4ccc(-c5ccccc5C(F)(F)F)cc4)n3)cccc21. The van der Waals surface area contributed by atoms with Crippen molar-refractivity contribution in [3.63, 3.8) is 0 Å². The van der Waals surface area contributed by atoms with E-state index in [2.05, 4.69) is 10.1 Å². The molecule has 192 valence electrons. The lowest BCUT2D eigenvalue weighted by Crippen LogP contribution is -2.55. The second-order valence-electron chi connectivity index (χ2n) is 9.20. The highest BCUT2D eigenvalue weighted by molar-refractivity contribution is 5.74. The maximum Gasteiger partial charge on any atom is 0.417 e. The normalized spacial score (nSPS) is 13.7. The van der Waals surface area contributed by atoms with Crippen molar-refractivity contribution < 1.29 is 27.9 Å². The number of nitrogens with two attached hydrogens (primary N) is 1. The molecule has 0 saturated carbocycles. The number of aliphatic hydroxyl groups is 2. The summed E-state index contributed by atoms with van der Waals surface area (Å²) >= 11 is 0. The number of aromatic nitrogens is 2. The molecule has 0 unspecified atom stereocenters. The van der Waals surface area contributed by atoms with E-state index < -0.39 is 17.3 Å². The van der Waals surface area contributed by atoms with Crippen molar-refractivity contribution in [2.75, 3.05) is 31.2 Å². The van der Waals surface area contributed by atoms with Crippen LogP contribution in [-0.4, -0.2) is 52.2 Å². The van der Waals surface area contributed by atoms with Crippen LogP contribution >= 0.6 is 0 Å². The first kappa shape index (κ1) is 24.9. The molecular formula is C27H25F3N4O3. The highest BCUT2D eigenvalue weighted by atomic mass is 19.4. The van der Waals surface area contributed by atoms with Crippen molar-refractivity contribution >= 4 is 5.69 Å². The molecule has 3 aromatic carbocycles. The Balaban J connectivity index is 1.41. The summed E-state index contributed by atoms with van der Waals surface area (Å²) in [6.45, 7) is 0.266. The monoisotopic (exact) mass is 510 g/mol. The van der Waals surface area contributed by atoms with Crippen LogP contribution in [0.3, 0.4) is 0 Å². The minimum absolute atomic E-state index is 0.0982. The predicted octanol–water partition coefficient (Wildman–Crippen LogP) is 4.13. The molecule has 4 aromatic rings. The van der Waals surface area contributed by atoms with E-state index in [1.807, 2.05) is 23.1 Å². The van der Waals surface area contributed by atoms with Crippen molar-refractivity contribution in [2.24, 2.45) is 5.73 Å². The molecule has 4 N–H and O–H groups in total. The van der Waals surface area contributed by atoms with E-state index in [0.717, 1.165) is 22.9 Å². The molecule has 1 aliphatic heterocycles. The average molecular weight is 511 g/mol. The number of hydrogen-bond acceptors (Lipinski definition) is 7. The standard InChI is InChI=1S/C27H25F3N4O3/c28-27(29,30)22-6-2-1-4-19(22)17-8-10-18(11-9-17)25-32-24(33-37-25)21-5-3-7-23-20(21)12-13-34(23)14-26(31,15-35)16-36/h1-11,35-36H,12-16,31H2. The number of rotatable bonds is 7. The number of anilines is 1. The molecule has 0 saturated heterocycles. The van der Waals surface area contributed by atoms with Crippen LogP contribution in [-0.2, 0) is 12.6 Å². The largest absolute Gasteiger partial charge is 0.417 e. The molecule has 0 bridgehead atoms. The second-order valence-corrected chi connectivity index (χ2v) is 9.20. The third kappa shape index (κ3) is 4.83. The lowest BCUT2D eigenvalue weighted by atomic mass is 9.98. The topological polar surface area (TPSA) is 109 Å². The molecule has 0 amide bonds. The molecule has 10 heteroatoms. The van der Waals surface area contributed by atoms with Crippen molar-refractivity contribution in [3.8, 4) is 34.0 Å². The summed E-state index contributed by atoms with van der Waals surface area (Å²) in [6.07, 6.45) is -3.75. The molecule has 1 aliphatic rings. The Morgan fingerprint density at radius 2 is 1.57 bits per heavy atom. The van der Waals surface area contributed by atoms with Crippen molar-refractivity contribution in [3.05, 3.63) is 77.9 Å². The molecule has 1 aromatic heterocycles.